The lowest BCUT2D eigenvalue weighted by Gasteiger charge is -2.63. The van der Waals surface area contributed by atoms with Gasteiger partial charge < -0.3 is 33.9 Å². The highest BCUT2D eigenvalue weighted by Gasteiger charge is 2.80. The number of esters is 3. The zero-order chi connectivity index (χ0) is 40.2. The van der Waals surface area contributed by atoms with E-state index >= 15 is 4.79 Å². The van der Waals surface area contributed by atoms with Gasteiger partial charge in [-0.3, -0.25) is 19.4 Å². The van der Waals surface area contributed by atoms with E-state index < -0.39 is 45.9 Å². The molecule has 0 amide bonds. The second-order valence-electron chi connectivity index (χ2n) is 17.2. The number of carbonyl (C=O) groups is 3. The van der Waals surface area contributed by atoms with Crippen molar-refractivity contribution in [2.75, 3.05) is 59.5 Å². The number of benzene rings is 2. The first kappa shape index (κ1) is 37.9. The first-order valence-corrected chi connectivity index (χ1v) is 20.3. The molecule has 5 aliphatic heterocycles. The molecule has 12 nitrogen and oxygen atoms in total. The quantitative estimate of drug-likeness (QED) is 0.196. The van der Waals surface area contributed by atoms with E-state index in [0.29, 0.717) is 50.2 Å². The van der Waals surface area contributed by atoms with E-state index in [1.165, 1.54) is 26.7 Å². The summed E-state index contributed by atoms with van der Waals surface area (Å²) in [7, 11) is 6.22. The van der Waals surface area contributed by atoms with Crippen LogP contribution in [0, 0.1) is 11.3 Å². The minimum absolute atomic E-state index is 0.0284. The Balaban J connectivity index is 1.37. The number of rotatable bonds is 7. The van der Waals surface area contributed by atoms with Crippen molar-refractivity contribution in [3.8, 4) is 5.75 Å². The summed E-state index contributed by atoms with van der Waals surface area (Å²) in [6.45, 7) is 9.19. The predicted molar refractivity (Wildman–Crippen MR) is 214 cm³/mol. The van der Waals surface area contributed by atoms with Crippen LogP contribution in [0.1, 0.15) is 68.8 Å². The first-order chi connectivity index (χ1) is 27.4. The number of aliphatic hydroxyl groups is 1. The van der Waals surface area contributed by atoms with Gasteiger partial charge >= 0.3 is 17.9 Å². The minimum Gasteiger partial charge on any atom is -0.496 e. The molecule has 2 bridgehead atoms. The molecule has 302 valence electrons. The molecule has 0 radical (unpaired) electrons. The number of hydrogen-bond donors (Lipinski definition) is 2. The predicted octanol–water partition coefficient (Wildman–Crippen LogP) is 4.75. The number of para-hydroxylation sites is 1. The Hall–Kier alpha value is -4.65. The number of fused-ring (bicyclic) bond motifs is 6. The molecule has 1 spiro atoms. The van der Waals surface area contributed by atoms with E-state index in [2.05, 4.69) is 58.1 Å². The van der Waals surface area contributed by atoms with E-state index in [9.17, 15) is 14.7 Å². The summed E-state index contributed by atoms with van der Waals surface area (Å²) in [6, 6.07) is 11.2. The fourth-order valence-corrected chi connectivity index (χ4v) is 12.8. The molecule has 9 rings (SSSR count). The Morgan fingerprint density at radius 1 is 1.00 bits per heavy atom. The first-order valence-electron chi connectivity index (χ1n) is 20.3. The van der Waals surface area contributed by atoms with Gasteiger partial charge in [-0.15, -0.1) is 0 Å². The summed E-state index contributed by atoms with van der Waals surface area (Å²) >= 11 is 0. The van der Waals surface area contributed by atoms with Crippen molar-refractivity contribution in [3.63, 3.8) is 0 Å². The molecule has 6 aliphatic rings. The van der Waals surface area contributed by atoms with Gasteiger partial charge in [0.25, 0.3) is 0 Å². The fourth-order valence-electron chi connectivity index (χ4n) is 12.8. The van der Waals surface area contributed by atoms with Crippen molar-refractivity contribution in [1.29, 1.82) is 0 Å². The number of H-pyrrole nitrogens is 1. The monoisotopic (exact) mass is 778 g/mol. The van der Waals surface area contributed by atoms with Crippen molar-refractivity contribution in [2.45, 2.75) is 87.6 Å². The van der Waals surface area contributed by atoms with E-state index in [1.54, 1.807) is 7.11 Å². The average Bonchev–Trinajstić information content (AvgIpc) is 3.87. The largest absolute Gasteiger partial charge is 0.496 e. The van der Waals surface area contributed by atoms with Gasteiger partial charge in [0.2, 0.25) is 5.60 Å². The van der Waals surface area contributed by atoms with Crippen LogP contribution < -0.4 is 9.64 Å². The number of ether oxygens (including phenoxy) is 4. The van der Waals surface area contributed by atoms with E-state index in [4.69, 9.17) is 18.9 Å². The number of carbonyl (C=O) groups excluding carboxylic acids is 3. The van der Waals surface area contributed by atoms with Crippen LogP contribution in [0.5, 0.6) is 5.75 Å². The Morgan fingerprint density at radius 2 is 1.77 bits per heavy atom. The Morgan fingerprint density at radius 3 is 2.47 bits per heavy atom. The SMILES string of the molecule is CCC1=C[C@H]2CN(C1)Cc1c([nH]c3ccccc13)[C@@](C(=O)OC)(c1cc3c(cc1OC)N(C)[C@H]1[C@@](O)(C(=O)OC)[C@H](OC(C)=O)[C@]4(CC)C=CCN5CC[C@]31[C@@H]54)C2. The second kappa shape index (κ2) is 13.2. The molecule has 1 saturated heterocycles. The maximum absolute atomic E-state index is 15.2. The smallest absolute Gasteiger partial charge is 0.344 e. The molecule has 2 aromatic carbocycles. The molecule has 2 N–H and O–H groups in total. The topological polar surface area (TPSA) is 134 Å². The molecular weight excluding hydrogens is 725 g/mol. The molecule has 1 aromatic heterocycles. The summed E-state index contributed by atoms with van der Waals surface area (Å²) in [5.74, 6) is -1.31. The van der Waals surface area contributed by atoms with Crippen LogP contribution in [0.3, 0.4) is 0 Å². The molecule has 12 heteroatoms. The molecule has 9 atom stereocenters. The average molecular weight is 779 g/mol. The summed E-state index contributed by atoms with van der Waals surface area (Å²) in [6.07, 6.45) is 7.67. The van der Waals surface area contributed by atoms with E-state index in [-0.39, 0.29) is 17.9 Å². The van der Waals surface area contributed by atoms with Gasteiger partial charge in [-0.1, -0.05) is 55.8 Å². The van der Waals surface area contributed by atoms with Gasteiger partial charge in [-0.05, 0) is 61.4 Å². The van der Waals surface area contributed by atoms with Crippen LogP contribution in [-0.4, -0.2) is 116 Å². The highest BCUT2D eigenvalue weighted by atomic mass is 16.6. The molecule has 6 heterocycles. The highest BCUT2D eigenvalue weighted by molar-refractivity contribution is 5.95. The lowest BCUT2D eigenvalue weighted by molar-refractivity contribution is -0.228. The summed E-state index contributed by atoms with van der Waals surface area (Å²) < 4.78 is 23.9. The molecule has 57 heavy (non-hydrogen) atoms. The zero-order valence-corrected chi connectivity index (χ0v) is 34.0. The van der Waals surface area contributed by atoms with Gasteiger partial charge in [0, 0.05) is 90.9 Å². The van der Waals surface area contributed by atoms with Gasteiger partial charge in [-0.25, -0.2) is 4.79 Å². The van der Waals surface area contributed by atoms with Crippen LogP contribution >= 0.6 is 0 Å². The lowest BCUT2D eigenvalue weighted by Crippen LogP contribution is -2.81. The third-order valence-electron chi connectivity index (χ3n) is 14.8. The highest BCUT2D eigenvalue weighted by Crippen LogP contribution is 2.68. The van der Waals surface area contributed by atoms with Crippen LogP contribution in [-0.2, 0) is 46.0 Å². The number of methoxy groups -OCH3 is 3. The summed E-state index contributed by atoms with van der Waals surface area (Å²) in [4.78, 5) is 53.1. The molecule has 3 aromatic rings. The maximum Gasteiger partial charge on any atom is 0.344 e. The Kier molecular flexibility index (Phi) is 8.77. The van der Waals surface area contributed by atoms with Crippen LogP contribution in [0.15, 0.2) is 60.2 Å². The van der Waals surface area contributed by atoms with Crippen LogP contribution in [0.25, 0.3) is 10.9 Å². The lowest BCUT2D eigenvalue weighted by atomic mass is 9.47. The Bertz CT molecular complexity index is 2250. The number of nitrogens with one attached hydrogen (secondary N) is 1. The maximum atomic E-state index is 15.2. The van der Waals surface area contributed by atoms with E-state index in [0.717, 1.165) is 52.9 Å². The van der Waals surface area contributed by atoms with Crippen LogP contribution in [0.4, 0.5) is 5.69 Å². The molecule has 1 unspecified atom stereocenters. The number of aromatic amines is 1. The van der Waals surface area contributed by atoms with Crippen molar-refractivity contribution in [1.82, 2.24) is 14.8 Å². The Labute approximate surface area is 333 Å². The number of likely N-dealkylation sites (N-methyl/N-ethyl adjacent to an activating group) is 1. The normalized spacial score (nSPS) is 34.9. The zero-order valence-electron chi connectivity index (χ0n) is 34.0. The number of anilines is 1. The van der Waals surface area contributed by atoms with Crippen molar-refractivity contribution in [2.24, 2.45) is 11.3 Å². The van der Waals surface area contributed by atoms with Gasteiger partial charge in [-0.2, -0.15) is 0 Å². The second-order valence-corrected chi connectivity index (χ2v) is 17.2. The summed E-state index contributed by atoms with van der Waals surface area (Å²) in [5, 5.41) is 14.4. The third-order valence-corrected chi connectivity index (χ3v) is 14.8. The number of nitrogens with zero attached hydrogens (tertiary/aromatic N) is 3. The van der Waals surface area contributed by atoms with Gasteiger partial charge in [0.05, 0.1) is 27.4 Å². The molecular formula is C45H54N4O8. The third kappa shape index (κ3) is 4.80. The minimum atomic E-state index is -2.27. The standard InChI is InChI=1S/C45H54N4O8/c1-8-27-19-28-22-44(40(51)55-6,36-30(25-48(23-27)24-28)29-13-10-11-14-33(29)46-36)32-20-31-34(21-35(32)54-5)47(4)38-43(31)16-18-49-17-12-15-42(9-2,37(43)49)39(57-26(3)50)45(38,53)41(52)56-7/h10-15,19-21,28,37-39,46,53H,8-9,16-18,22-25H2,1-7H3/t28-,37+,38-,39-,42-,43-,44+,45+/m1/s1. The number of aromatic nitrogens is 1. The molecule has 1 saturated carbocycles. The molecule has 1 aliphatic carbocycles. The van der Waals surface area contributed by atoms with Gasteiger partial charge in [0.15, 0.2) is 6.10 Å². The fraction of sp³-hybridized carbons (Fsp3) is 0.533. The summed E-state index contributed by atoms with van der Waals surface area (Å²) in [5.41, 5.74) is 1.05. The van der Waals surface area contributed by atoms with Crippen molar-refractivity contribution in [3.05, 3.63) is 82.6 Å². The van der Waals surface area contributed by atoms with Crippen LogP contribution in [0.2, 0.25) is 0 Å². The molecule has 2 fully saturated rings. The van der Waals surface area contributed by atoms with Gasteiger partial charge in [0.1, 0.15) is 11.2 Å². The van der Waals surface area contributed by atoms with Crippen molar-refractivity contribution >= 4 is 34.5 Å². The number of hydrogen-bond acceptors (Lipinski definition) is 11. The van der Waals surface area contributed by atoms with E-state index in [1.807, 2.05) is 37.1 Å². The van der Waals surface area contributed by atoms with Crippen molar-refractivity contribution < 1.29 is 38.4 Å².